The summed E-state index contributed by atoms with van der Waals surface area (Å²) in [5.41, 5.74) is 1.61. The molecule has 0 aliphatic heterocycles. The van der Waals surface area contributed by atoms with Gasteiger partial charge in [-0.3, -0.25) is 4.79 Å². The summed E-state index contributed by atoms with van der Waals surface area (Å²) < 4.78 is 0. The molecular weight excluding hydrogens is 214 g/mol. The van der Waals surface area contributed by atoms with Gasteiger partial charge in [-0.25, -0.2) is 0 Å². The van der Waals surface area contributed by atoms with Crippen LogP contribution in [-0.4, -0.2) is 19.0 Å². The van der Waals surface area contributed by atoms with Crippen molar-refractivity contribution in [2.24, 2.45) is 0 Å². The molecule has 0 fully saturated rings. The molecule has 1 amide bonds. The van der Waals surface area contributed by atoms with Gasteiger partial charge in [0.15, 0.2) is 0 Å². The van der Waals surface area contributed by atoms with Crippen LogP contribution in [0.1, 0.15) is 31.0 Å². The highest BCUT2D eigenvalue weighted by Crippen LogP contribution is 2.13. The van der Waals surface area contributed by atoms with Crippen molar-refractivity contribution in [3.05, 3.63) is 35.4 Å². The molecule has 4 heteroatoms. The topological polar surface area (TPSA) is 64.9 Å². The van der Waals surface area contributed by atoms with E-state index in [2.05, 4.69) is 16.7 Å². The van der Waals surface area contributed by atoms with E-state index in [1.54, 1.807) is 26.1 Å². The highest BCUT2D eigenvalue weighted by Gasteiger charge is 2.14. The molecular formula is C13H17N3O. The molecule has 0 bridgehead atoms. The Morgan fingerprint density at radius 3 is 2.35 bits per heavy atom. The minimum atomic E-state index is -0.212. The first-order chi connectivity index (χ1) is 8.08. The van der Waals surface area contributed by atoms with E-state index in [1.807, 2.05) is 19.1 Å². The van der Waals surface area contributed by atoms with Crippen molar-refractivity contribution in [2.45, 2.75) is 25.9 Å². The molecule has 1 rings (SSSR count). The highest BCUT2D eigenvalue weighted by molar-refractivity contribution is 5.81. The van der Waals surface area contributed by atoms with Crippen LogP contribution in [0.25, 0.3) is 0 Å². The molecule has 4 nitrogen and oxygen atoms in total. The summed E-state index contributed by atoms with van der Waals surface area (Å²) in [6, 6.07) is 9.00. The first-order valence-corrected chi connectivity index (χ1v) is 5.56. The third kappa shape index (κ3) is 3.58. The number of nitrogens with one attached hydrogen (secondary N) is 2. The fourth-order valence-corrected chi connectivity index (χ4v) is 1.40. The van der Waals surface area contributed by atoms with E-state index in [1.165, 1.54) is 0 Å². The second-order valence-corrected chi connectivity index (χ2v) is 3.97. The predicted octanol–water partition coefficient (Wildman–Crippen LogP) is 1.34. The highest BCUT2D eigenvalue weighted by atomic mass is 16.2. The number of amides is 1. The molecule has 1 aromatic carbocycles. The number of nitrogens with zero attached hydrogens (tertiary/aromatic N) is 1. The number of carbonyl (C=O) groups is 1. The number of nitriles is 1. The van der Waals surface area contributed by atoms with E-state index in [9.17, 15) is 4.79 Å². The zero-order valence-electron chi connectivity index (χ0n) is 10.3. The Hall–Kier alpha value is -1.86. The van der Waals surface area contributed by atoms with Gasteiger partial charge < -0.3 is 10.6 Å². The Labute approximate surface area is 102 Å². The zero-order valence-corrected chi connectivity index (χ0v) is 10.3. The summed E-state index contributed by atoms with van der Waals surface area (Å²) in [6.07, 6.45) is 0. The van der Waals surface area contributed by atoms with E-state index in [4.69, 9.17) is 5.26 Å². The molecule has 0 saturated heterocycles. The van der Waals surface area contributed by atoms with Gasteiger partial charge in [-0.1, -0.05) is 12.1 Å². The van der Waals surface area contributed by atoms with E-state index >= 15 is 0 Å². The molecule has 0 heterocycles. The van der Waals surface area contributed by atoms with Crippen molar-refractivity contribution in [1.29, 1.82) is 5.26 Å². The molecule has 0 radical (unpaired) electrons. The van der Waals surface area contributed by atoms with Crippen molar-refractivity contribution in [3.63, 3.8) is 0 Å². The Bertz CT molecular complexity index is 419. The minimum absolute atomic E-state index is 0.0376. The summed E-state index contributed by atoms with van der Waals surface area (Å²) in [5, 5.41) is 14.5. The largest absolute Gasteiger partial charge is 0.348 e. The van der Waals surface area contributed by atoms with Crippen LogP contribution >= 0.6 is 0 Å². The van der Waals surface area contributed by atoms with Gasteiger partial charge in [-0.2, -0.15) is 5.26 Å². The summed E-state index contributed by atoms with van der Waals surface area (Å²) in [7, 11) is 1.75. The quantitative estimate of drug-likeness (QED) is 0.822. The second kappa shape index (κ2) is 6.02. The maximum atomic E-state index is 11.7. The maximum Gasteiger partial charge on any atom is 0.237 e. The Morgan fingerprint density at radius 1 is 1.29 bits per heavy atom. The van der Waals surface area contributed by atoms with Gasteiger partial charge in [0.25, 0.3) is 0 Å². The molecule has 90 valence electrons. The molecule has 1 aromatic rings. The number of carbonyl (C=O) groups excluding carboxylic acids is 1. The first kappa shape index (κ1) is 13.2. The first-order valence-electron chi connectivity index (χ1n) is 5.56. The molecule has 0 aliphatic carbocycles. The minimum Gasteiger partial charge on any atom is -0.348 e. The lowest BCUT2D eigenvalue weighted by atomic mass is 10.1. The Kier molecular flexibility index (Phi) is 4.68. The standard InChI is InChI=1S/C13H17N3O/c1-9(16-13(17)10(2)15-3)12-6-4-11(8-14)5-7-12/h4-7,9-10,15H,1-3H3,(H,16,17). The van der Waals surface area contributed by atoms with Crippen LogP contribution in [0.3, 0.4) is 0 Å². The third-order valence-corrected chi connectivity index (χ3v) is 2.72. The van der Waals surface area contributed by atoms with Gasteiger partial charge in [0.2, 0.25) is 5.91 Å². The third-order valence-electron chi connectivity index (χ3n) is 2.72. The normalized spacial score (nSPS) is 13.5. The van der Waals surface area contributed by atoms with Crippen molar-refractivity contribution in [1.82, 2.24) is 10.6 Å². The number of rotatable bonds is 4. The second-order valence-electron chi connectivity index (χ2n) is 3.97. The molecule has 0 aliphatic rings. The molecule has 2 N–H and O–H groups in total. The monoisotopic (exact) mass is 231 g/mol. The van der Waals surface area contributed by atoms with Crippen LogP contribution in [0.15, 0.2) is 24.3 Å². The maximum absolute atomic E-state index is 11.7. The molecule has 0 saturated carbocycles. The number of hydrogen-bond acceptors (Lipinski definition) is 3. The van der Waals surface area contributed by atoms with Crippen LogP contribution in [0.2, 0.25) is 0 Å². The van der Waals surface area contributed by atoms with Crippen LogP contribution in [0.5, 0.6) is 0 Å². The number of hydrogen-bond donors (Lipinski definition) is 2. The van der Waals surface area contributed by atoms with Crippen molar-refractivity contribution in [2.75, 3.05) is 7.05 Å². The number of likely N-dealkylation sites (N-methyl/N-ethyl adjacent to an activating group) is 1. The molecule has 0 spiro atoms. The van der Waals surface area contributed by atoms with Crippen LogP contribution in [0, 0.1) is 11.3 Å². The fourth-order valence-electron chi connectivity index (χ4n) is 1.40. The van der Waals surface area contributed by atoms with Gasteiger partial charge >= 0.3 is 0 Å². The average Bonchev–Trinajstić information content (AvgIpc) is 2.37. The van der Waals surface area contributed by atoms with Crippen LogP contribution in [-0.2, 0) is 4.79 Å². The summed E-state index contributed by atoms with van der Waals surface area (Å²) in [5.74, 6) is -0.0376. The lowest BCUT2D eigenvalue weighted by molar-refractivity contribution is -0.123. The molecule has 2 unspecified atom stereocenters. The summed E-state index contributed by atoms with van der Waals surface area (Å²) in [4.78, 5) is 11.7. The van der Waals surface area contributed by atoms with E-state index in [0.29, 0.717) is 5.56 Å². The molecule has 0 aromatic heterocycles. The predicted molar refractivity (Wildman–Crippen MR) is 66.2 cm³/mol. The Morgan fingerprint density at radius 2 is 1.88 bits per heavy atom. The lowest BCUT2D eigenvalue weighted by Gasteiger charge is -2.17. The number of benzene rings is 1. The molecule has 2 atom stereocenters. The van der Waals surface area contributed by atoms with Crippen molar-refractivity contribution < 1.29 is 4.79 Å². The van der Waals surface area contributed by atoms with E-state index in [-0.39, 0.29) is 18.0 Å². The van der Waals surface area contributed by atoms with Crippen LogP contribution < -0.4 is 10.6 Å². The zero-order chi connectivity index (χ0) is 12.8. The average molecular weight is 231 g/mol. The molecule has 17 heavy (non-hydrogen) atoms. The summed E-state index contributed by atoms with van der Waals surface area (Å²) in [6.45, 7) is 3.72. The van der Waals surface area contributed by atoms with Gasteiger partial charge in [-0.15, -0.1) is 0 Å². The van der Waals surface area contributed by atoms with Gasteiger partial charge in [-0.05, 0) is 38.6 Å². The van der Waals surface area contributed by atoms with Gasteiger partial charge in [0.05, 0.1) is 23.7 Å². The van der Waals surface area contributed by atoms with E-state index < -0.39 is 0 Å². The van der Waals surface area contributed by atoms with Gasteiger partial charge in [0.1, 0.15) is 0 Å². The SMILES string of the molecule is CNC(C)C(=O)NC(C)c1ccc(C#N)cc1. The van der Waals surface area contributed by atoms with Crippen molar-refractivity contribution >= 4 is 5.91 Å². The smallest absolute Gasteiger partial charge is 0.237 e. The van der Waals surface area contributed by atoms with Crippen LogP contribution in [0.4, 0.5) is 0 Å². The van der Waals surface area contributed by atoms with Crippen molar-refractivity contribution in [3.8, 4) is 6.07 Å². The fraction of sp³-hybridized carbons (Fsp3) is 0.385. The summed E-state index contributed by atoms with van der Waals surface area (Å²) >= 11 is 0. The Balaban J connectivity index is 2.67. The van der Waals surface area contributed by atoms with Gasteiger partial charge in [0, 0.05) is 0 Å². The lowest BCUT2D eigenvalue weighted by Crippen LogP contribution is -2.41. The van der Waals surface area contributed by atoms with E-state index in [0.717, 1.165) is 5.56 Å².